The van der Waals surface area contributed by atoms with E-state index in [0.29, 0.717) is 0 Å². The Morgan fingerprint density at radius 3 is 2.94 bits per heavy atom. The van der Waals surface area contributed by atoms with Crippen LogP contribution in [0.25, 0.3) is 10.9 Å². The van der Waals surface area contributed by atoms with Crippen molar-refractivity contribution in [3.05, 3.63) is 36.5 Å². The molecule has 1 aromatic heterocycles. The summed E-state index contributed by atoms with van der Waals surface area (Å²) < 4.78 is 0. The molecule has 0 aliphatic rings. The van der Waals surface area contributed by atoms with Crippen molar-refractivity contribution in [2.45, 2.75) is 25.9 Å². The number of para-hydroxylation sites is 1. The van der Waals surface area contributed by atoms with Gasteiger partial charge < -0.3 is 10.4 Å². The van der Waals surface area contributed by atoms with Crippen LogP contribution in [0.4, 0.5) is 5.69 Å². The SMILES string of the molecule is CC(O)CCCNc1ccnc2ccccc12. The molecule has 0 saturated heterocycles. The third kappa shape index (κ3) is 3.17. The van der Waals surface area contributed by atoms with Gasteiger partial charge in [0.1, 0.15) is 0 Å². The number of nitrogens with one attached hydrogen (secondary N) is 1. The molecule has 2 N–H and O–H groups in total. The molecule has 3 heteroatoms. The van der Waals surface area contributed by atoms with Gasteiger partial charge >= 0.3 is 0 Å². The summed E-state index contributed by atoms with van der Waals surface area (Å²) in [4.78, 5) is 4.32. The number of hydrogen-bond donors (Lipinski definition) is 2. The van der Waals surface area contributed by atoms with Gasteiger partial charge in [-0.05, 0) is 31.9 Å². The zero-order valence-electron chi connectivity index (χ0n) is 10.1. The number of aromatic nitrogens is 1. The van der Waals surface area contributed by atoms with Crippen LogP contribution in [-0.2, 0) is 0 Å². The van der Waals surface area contributed by atoms with E-state index in [1.54, 1.807) is 0 Å². The van der Waals surface area contributed by atoms with Crippen LogP contribution in [0.2, 0.25) is 0 Å². The maximum atomic E-state index is 9.18. The molecule has 3 nitrogen and oxygen atoms in total. The lowest BCUT2D eigenvalue weighted by atomic mass is 10.1. The summed E-state index contributed by atoms with van der Waals surface area (Å²) in [5.74, 6) is 0. The predicted molar refractivity (Wildman–Crippen MR) is 71.1 cm³/mol. The third-order valence-electron chi connectivity index (χ3n) is 2.76. The second-order valence-corrected chi connectivity index (χ2v) is 4.29. The van der Waals surface area contributed by atoms with Gasteiger partial charge in [0.15, 0.2) is 0 Å². The first-order valence-corrected chi connectivity index (χ1v) is 6.03. The third-order valence-corrected chi connectivity index (χ3v) is 2.76. The molecule has 0 amide bonds. The topological polar surface area (TPSA) is 45.1 Å². The second-order valence-electron chi connectivity index (χ2n) is 4.29. The average molecular weight is 230 g/mol. The molecule has 2 aromatic rings. The molecule has 0 spiro atoms. The van der Waals surface area contributed by atoms with Gasteiger partial charge in [0, 0.05) is 23.8 Å². The fraction of sp³-hybridized carbons (Fsp3) is 0.357. The first-order chi connectivity index (χ1) is 8.27. The zero-order valence-corrected chi connectivity index (χ0v) is 10.1. The number of anilines is 1. The van der Waals surface area contributed by atoms with Crippen molar-refractivity contribution in [3.8, 4) is 0 Å². The molecular formula is C14H18N2O. The predicted octanol–water partition coefficient (Wildman–Crippen LogP) is 2.81. The van der Waals surface area contributed by atoms with E-state index in [0.717, 1.165) is 36.0 Å². The monoisotopic (exact) mass is 230 g/mol. The van der Waals surface area contributed by atoms with E-state index in [4.69, 9.17) is 0 Å². The largest absolute Gasteiger partial charge is 0.393 e. The molecule has 0 bridgehead atoms. The summed E-state index contributed by atoms with van der Waals surface area (Å²) in [6, 6.07) is 10.1. The van der Waals surface area contributed by atoms with Gasteiger partial charge in [0.25, 0.3) is 0 Å². The fourth-order valence-corrected chi connectivity index (χ4v) is 1.87. The van der Waals surface area contributed by atoms with Gasteiger partial charge in [-0.2, -0.15) is 0 Å². The van der Waals surface area contributed by atoms with Gasteiger partial charge in [-0.25, -0.2) is 0 Å². The lowest BCUT2D eigenvalue weighted by Gasteiger charge is -2.09. The van der Waals surface area contributed by atoms with E-state index in [1.807, 2.05) is 37.4 Å². The molecule has 90 valence electrons. The van der Waals surface area contributed by atoms with Crippen molar-refractivity contribution in [1.82, 2.24) is 4.98 Å². The van der Waals surface area contributed by atoms with Crippen LogP contribution in [0.15, 0.2) is 36.5 Å². The number of aliphatic hydroxyl groups excluding tert-OH is 1. The van der Waals surface area contributed by atoms with Crippen molar-refractivity contribution in [1.29, 1.82) is 0 Å². The number of aliphatic hydroxyl groups is 1. The Morgan fingerprint density at radius 2 is 2.12 bits per heavy atom. The van der Waals surface area contributed by atoms with Gasteiger partial charge in [-0.1, -0.05) is 18.2 Å². The van der Waals surface area contributed by atoms with E-state index < -0.39 is 0 Å². The standard InChI is InChI=1S/C14H18N2O/c1-11(17)5-4-9-15-14-8-10-16-13-7-3-2-6-12(13)14/h2-3,6-8,10-11,17H,4-5,9H2,1H3,(H,15,16). The quantitative estimate of drug-likeness (QED) is 0.776. The summed E-state index contributed by atoms with van der Waals surface area (Å²) in [5, 5.41) is 13.7. The van der Waals surface area contributed by atoms with Crippen LogP contribution in [0, 0.1) is 0 Å². The molecule has 1 unspecified atom stereocenters. The van der Waals surface area contributed by atoms with Gasteiger partial charge in [-0.3, -0.25) is 4.98 Å². The maximum absolute atomic E-state index is 9.18. The van der Waals surface area contributed by atoms with E-state index in [-0.39, 0.29) is 6.10 Å². The van der Waals surface area contributed by atoms with Crippen molar-refractivity contribution in [3.63, 3.8) is 0 Å². The average Bonchev–Trinajstić information content (AvgIpc) is 2.34. The number of fused-ring (bicyclic) bond motifs is 1. The molecule has 0 aliphatic heterocycles. The molecule has 2 rings (SSSR count). The lowest BCUT2D eigenvalue weighted by molar-refractivity contribution is 0.183. The summed E-state index contributed by atoms with van der Waals surface area (Å²) in [6.45, 7) is 2.70. The fourth-order valence-electron chi connectivity index (χ4n) is 1.87. The van der Waals surface area contributed by atoms with Gasteiger partial charge in [-0.15, -0.1) is 0 Å². The highest BCUT2D eigenvalue weighted by atomic mass is 16.3. The first kappa shape index (κ1) is 11.9. The molecule has 1 heterocycles. The molecular weight excluding hydrogens is 212 g/mol. The van der Waals surface area contributed by atoms with E-state index in [1.165, 1.54) is 0 Å². The van der Waals surface area contributed by atoms with Crippen molar-refractivity contribution < 1.29 is 5.11 Å². The number of pyridine rings is 1. The van der Waals surface area contributed by atoms with Crippen molar-refractivity contribution in [2.75, 3.05) is 11.9 Å². The van der Waals surface area contributed by atoms with Crippen molar-refractivity contribution >= 4 is 16.6 Å². The van der Waals surface area contributed by atoms with Crippen LogP contribution in [0.3, 0.4) is 0 Å². The Bertz CT molecular complexity index is 477. The summed E-state index contributed by atoms with van der Waals surface area (Å²) >= 11 is 0. The highest BCUT2D eigenvalue weighted by Gasteiger charge is 2.00. The summed E-state index contributed by atoms with van der Waals surface area (Å²) in [5.41, 5.74) is 2.12. The van der Waals surface area contributed by atoms with Crippen LogP contribution >= 0.6 is 0 Å². The van der Waals surface area contributed by atoms with E-state index >= 15 is 0 Å². The highest BCUT2D eigenvalue weighted by Crippen LogP contribution is 2.20. The van der Waals surface area contributed by atoms with Crippen LogP contribution < -0.4 is 5.32 Å². The maximum Gasteiger partial charge on any atom is 0.0722 e. The molecule has 0 aliphatic carbocycles. The minimum Gasteiger partial charge on any atom is -0.393 e. The Morgan fingerprint density at radius 1 is 1.29 bits per heavy atom. The van der Waals surface area contributed by atoms with Crippen molar-refractivity contribution in [2.24, 2.45) is 0 Å². The molecule has 0 saturated carbocycles. The van der Waals surface area contributed by atoms with E-state index in [2.05, 4.69) is 16.4 Å². The summed E-state index contributed by atoms with van der Waals surface area (Å²) in [6.07, 6.45) is 3.40. The van der Waals surface area contributed by atoms with Gasteiger partial charge in [0.2, 0.25) is 0 Å². The normalized spacial score (nSPS) is 12.6. The minimum atomic E-state index is -0.217. The number of nitrogens with zero attached hydrogens (tertiary/aromatic N) is 1. The zero-order chi connectivity index (χ0) is 12.1. The smallest absolute Gasteiger partial charge is 0.0722 e. The molecule has 0 radical (unpaired) electrons. The Balaban J connectivity index is 2.03. The number of rotatable bonds is 5. The van der Waals surface area contributed by atoms with Gasteiger partial charge in [0.05, 0.1) is 11.6 Å². The number of hydrogen-bond acceptors (Lipinski definition) is 3. The number of benzene rings is 1. The molecule has 0 fully saturated rings. The Labute approximate surface area is 102 Å². The molecule has 17 heavy (non-hydrogen) atoms. The van der Waals surface area contributed by atoms with E-state index in [9.17, 15) is 5.11 Å². The van der Waals surface area contributed by atoms with Crippen LogP contribution in [0.1, 0.15) is 19.8 Å². The molecule has 1 aromatic carbocycles. The Hall–Kier alpha value is -1.61. The van der Waals surface area contributed by atoms with Crippen LogP contribution in [-0.4, -0.2) is 22.7 Å². The minimum absolute atomic E-state index is 0.217. The first-order valence-electron chi connectivity index (χ1n) is 6.03. The second kappa shape index (κ2) is 5.64. The van der Waals surface area contributed by atoms with Crippen LogP contribution in [0.5, 0.6) is 0 Å². The Kier molecular flexibility index (Phi) is 3.94. The lowest BCUT2D eigenvalue weighted by Crippen LogP contribution is -2.06. The molecule has 1 atom stereocenters. The highest BCUT2D eigenvalue weighted by molar-refractivity contribution is 5.90. The summed E-state index contributed by atoms with van der Waals surface area (Å²) in [7, 11) is 0.